The summed E-state index contributed by atoms with van der Waals surface area (Å²) in [5.41, 5.74) is 3.51. The Balaban J connectivity index is 2.00. The summed E-state index contributed by atoms with van der Waals surface area (Å²) < 4.78 is 5.93. The number of carbonyl (C=O) groups excluding carboxylic acids is 1. The third-order valence-corrected chi connectivity index (χ3v) is 4.46. The van der Waals surface area contributed by atoms with Gasteiger partial charge in [0.2, 0.25) is 0 Å². The molecule has 0 aromatic heterocycles. The van der Waals surface area contributed by atoms with Gasteiger partial charge in [-0.3, -0.25) is 4.79 Å². The van der Waals surface area contributed by atoms with Crippen LogP contribution in [0, 0.1) is 0 Å². The molecule has 3 heteroatoms. The second-order valence-corrected chi connectivity index (χ2v) is 6.78. The fourth-order valence-electron chi connectivity index (χ4n) is 2.76. The minimum Gasteiger partial charge on any atom is -0.481 e. The lowest BCUT2D eigenvalue weighted by molar-refractivity contribution is -0.127. The summed E-state index contributed by atoms with van der Waals surface area (Å²) in [7, 11) is 0. The summed E-state index contributed by atoms with van der Waals surface area (Å²) in [6, 6.07) is 16.2. The first-order chi connectivity index (χ1) is 11.9. The van der Waals surface area contributed by atoms with Gasteiger partial charge in [-0.15, -0.1) is 0 Å². The second-order valence-electron chi connectivity index (χ2n) is 6.78. The van der Waals surface area contributed by atoms with Crippen LogP contribution in [0.4, 0.5) is 0 Å². The van der Waals surface area contributed by atoms with Gasteiger partial charge in [0.25, 0.3) is 5.91 Å². The lowest BCUT2D eigenvalue weighted by atomic mass is 10.0. The first-order valence-corrected chi connectivity index (χ1v) is 9.07. The maximum atomic E-state index is 12.5. The molecular weight excluding hydrogens is 310 g/mol. The Labute approximate surface area is 151 Å². The van der Waals surface area contributed by atoms with Gasteiger partial charge in [0.15, 0.2) is 6.10 Å². The van der Waals surface area contributed by atoms with E-state index < -0.39 is 6.10 Å². The molecule has 2 rings (SSSR count). The standard InChI is InChI=1S/C22H29NO2/c1-6-18-11-13-19(14-12-18)16(4)23-22(24)17(5)25-21-10-8-7-9-20(21)15(2)3/h7-17H,6H2,1-5H3,(H,23,24)/t16-,17+/m1/s1. The Morgan fingerprint density at radius 3 is 2.24 bits per heavy atom. The van der Waals surface area contributed by atoms with E-state index in [-0.39, 0.29) is 11.9 Å². The number of carbonyl (C=O) groups is 1. The van der Waals surface area contributed by atoms with E-state index in [4.69, 9.17) is 4.74 Å². The molecule has 1 N–H and O–H groups in total. The van der Waals surface area contributed by atoms with Crippen LogP contribution < -0.4 is 10.1 Å². The average molecular weight is 339 g/mol. The van der Waals surface area contributed by atoms with Crippen LogP contribution in [0.2, 0.25) is 0 Å². The second kappa shape index (κ2) is 8.70. The largest absolute Gasteiger partial charge is 0.481 e. The molecule has 0 saturated heterocycles. The minimum absolute atomic E-state index is 0.0511. The Kier molecular flexibility index (Phi) is 6.63. The molecule has 0 aliphatic carbocycles. The number of para-hydroxylation sites is 1. The third-order valence-electron chi connectivity index (χ3n) is 4.46. The molecule has 0 aliphatic heterocycles. The van der Waals surface area contributed by atoms with Crippen molar-refractivity contribution in [2.45, 2.75) is 59.1 Å². The molecule has 0 fully saturated rings. The monoisotopic (exact) mass is 339 g/mol. The van der Waals surface area contributed by atoms with Gasteiger partial charge in [0.05, 0.1) is 6.04 Å². The molecule has 0 aliphatic rings. The Morgan fingerprint density at radius 2 is 1.64 bits per heavy atom. The Hall–Kier alpha value is -2.29. The van der Waals surface area contributed by atoms with Crippen LogP contribution in [0.15, 0.2) is 48.5 Å². The molecule has 1 amide bonds. The van der Waals surface area contributed by atoms with Gasteiger partial charge in [-0.1, -0.05) is 63.2 Å². The Bertz CT molecular complexity index is 691. The fraction of sp³-hybridized carbons (Fsp3) is 0.409. The summed E-state index contributed by atoms with van der Waals surface area (Å²) >= 11 is 0. The van der Waals surface area contributed by atoms with Crippen molar-refractivity contribution < 1.29 is 9.53 Å². The number of nitrogens with one attached hydrogen (secondary N) is 1. The summed E-state index contributed by atoms with van der Waals surface area (Å²) in [4.78, 5) is 12.5. The van der Waals surface area contributed by atoms with Crippen LogP contribution in [0.3, 0.4) is 0 Å². The molecule has 3 nitrogen and oxygen atoms in total. The zero-order chi connectivity index (χ0) is 18.4. The van der Waals surface area contributed by atoms with Crippen molar-refractivity contribution >= 4 is 5.91 Å². The van der Waals surface area contributed by atoms with Gasteiger partial charge < -0.3 is 10.1 Å². The highest BCUT2D eigenvalue weighted by molar-refractivity contribution is 5.81. The smallest absolute Gasteiger partial charge is 0.261 e. The summed E-state index contributed by atoms with van der Waals surface area (Å²) in [6.45, 7) is 10.2. The van der Waals surface area contributed by atoms with Crippen LogP contribution in [0.5, 0.6) is 5.75 Å². The first kappa shape index (κ1) is 19.0. The van der Waals surface area contributed by atoms with E-state index in [0.29, 0.717) is 5.92 Å². The molecule has 0 heterocycles. The first-order valence-electron chi connectivity index (χ1n) is 9.07. The van der Waals surface area contributed by atoms with E-state index in [1.54, 1.807) is 6.92 Å². The van der Waals surface area contributed by atoms with Crippen molar-refractivity contribution in [2.24, 2.45) is 0 Å². The molecule has 2 aromatic rings. The molecule has 2 aromatic carbocycles. The normalized spacial score (nSPS) is 13.4. The van der Waals surface area contributed by atoms with Crippen LogP contribution in [-0.2, 0) is 11.2 Å². The lowest BCUT2D eigenvalue weighted by Gasteiger charge is -2.21. The van der Waals surface area contributed by atoms with Gasteiger partial charge in [0, 0.05) is 0 Å². The number of aryl methyl sites for hydroxylation is 1. The lowest BCUT2D eigenvalue weighted by Crippen LogP contribution is -2.37. The number of rotatable bonds is 7. The number of ether oxygens (including phenoxy) is 1. The quantitative estimate of drug-likeness (QED) is 0.769. The molecule has 0 saturated carbocycles. The number of amides is 1. The predicted octanol–water partition coefficient (Wildman–Crippen LogP) is 5.02. The third kappa shape index (κ3) is 5.09. The van der Waals surface area contributed by atoms with Crippen molar-refractivity contribution in [2.75, 3.05) is 0 Å². The van der Waals surface area contributed by atoms with E-state index in [9.17, 15) is 4.79 Å². The van der Waals surface area contributed by atoms with Crippen molar-refractivity contribution in [3.63, 3.8) is 0 Å². The van der Waals surface area contributed by atoms with E-state index in [0.717, 1.165) is 23.3 Å². The maximum Gasteiger partial charge on any atom is 0.261 e. The highest BCUT2D eigenvalue weighted by Gasteiger charge is 2.19. The zero-order valence-corrected chi connectivity index (χ0v) is 15.9. The van der Waals surface area contributed by atoms with Crippen molar-refractivity contribution in [3.05, 3.63) is 65.2 Å². The summed E-state index contributed by atoms with van der Waals surface area (Å²) in [6.07, 6.45) is 0.471. The van der Waals surface area contributed by atoms with Gasteiger partial charge in [0.1, 0.15) is 5.75 Å². The van der Waals surface area contributed by atoms with E-state index in [1.165, 1.54) is 5.56 Å². The van der Waals surface area contributed by atoms with Crippen LogP contribution >= 0.6 is 0 Å². The topological polar surface area (TPSA) is 38.3 Å². The SMILES string of the molecule is CCc1ccc([C@@H](C)NC(=O)[C@H](C)Oc2ccccc2C(C)C)cc1. The van der Waals surface area contributed by atoms with E-state index >= 15 is 0 Å². The fourth-order valence-corrected chi connectivity index (χ4v) is 2.76. The molecule has 0 bridgehead atoms. The van der Waals surface area contributed by atoms with Gasteiger partial charge >= 0.3 is 0 Å². The van der Waals surface area contributed by atoms with Crippen LogP contribution in [0.1, 0.15) is 63.3 Å². The van der Waals surface area contributed by atoms with Gasteiger partial charge in [-0.2, -0.15) is 0 Å². The minimum atomic E-state index is -0.544. The summed E-state index contributed by atoms with van der Waals surface area (Å²) in [5, 5.41) is 3.04. The molecule has 2 atom stereocenters. The summed E-state index contributed by atoms with van der Waals surface area (Å²) in [5.74, 6) is 1.02. The predicted molar refractivity (Wildman–Crippen MR) is 103 cm³/mol. The molecular formula is C22H29NO2. The highest BCUT2D eigenvalue weighted by atomic mass is 16.5. The highest BCUT2D eigenvalue weighted by Crippen LogP contribution is 2.26. The van der Waals surface area contributed by atoms with Crippen LogP contribution in [-0.4, -0.2) is 12.0 Å². The van der Waals surface area contributed by atoms with Crippen molar-refractivity contribution in [1.29, 1.82) is 0 Å². The maximum absolute atomic E-state index is 12.5. The molecule has 134 valence electrons. The zero-order valence-electron chi connectivity index (χ0n) is 15.9. The van der Waals surface area contributed by atoms with Crippen molar-refractivity contribution in [1.82, 2.24) is 5.32 Å². The van der Waals surface area contributed by atoms with Crippen molar-refractivity contribution in [3.8, 4) is 5.75 Å². The molecule has 25 heavy (non-hydrogen) atoms. The number of hydrogen-bond acceptors (Lipinski definition) is 2. The van der Waals surface area contributed by atoms with Gasteiger partial charge in [-0.05, 0) is 48.9 Å². The number of benzene rings is 2. The molecule has 0 radical (unpaired) electrons. The average Bonchev–Trinajstić information content (AvgIpc) is 2.61. The molecule has 0 unspecified atom stereocenters. The Morgan fingerprint density at radius 1 is 1.00 bits per heavy atom. The van der Waals surface area contributed by atoms with Crippen LogP contribution in [0.25, 0.3) is 0 Å². The van der Waals surface area contributed by atoms with Gasteiger partial charge in [-0.25, -0.2) is 0 Å². The number of hydrogen-bond donors (Lipinski definition) is 1. The molecule has 0 spiro atoms. The van der Waals surface area contributed by atoms with E-state index in [1.807, 2.05) is 31.2 Å². The van der Waals surface area contributed by atoms with E-state index in [2.05, 4.69) is 50.4 Å².